The molecule has 26 heavy (non-hydrogen) atoms. The van der Waals surface area contributed by atoms with Gasteiger partial charge >= 0.3 is 0 Å². The van der Waals surface area contributed by atoms with Gasteiger partial charge in [-0.1, -0.05) is 77.0 Å². The molecule has 0 aliphatic heterocycles. The van der Waals surface area contributed by atoms with Gasteiger partial charge in [-0.3, -0.25) is 0 Å². The lowest BCUT2D eigenvalue weighted by Crippen LogP contribution is -2.34. The largest absolute Gasteiger partial charge is 0.288 e. The molecule has 2 heteroatoms. The van der Waals surface area contributed by atoms with Crippen LogP contribution in [0.4, 0.5) is 0 Å². The molecule has 2 aromatic rings. The molecule has 0 radical (unpaired) electrons. The molecule has 0 unspecified atom stereocenters. The van der Waals surface area contributed by atoms with Crippen molar-refractivity contribution in [2.24, 2.45) is 0 Å². The lowest BCUT2D eigenvalue weighted by Gasteiger charge is -2.06. The summed E-state index contributed by atoms with van der Waals surface area (Å²) in [6.07, 6.45) is 19.4. The number of rotatable bonds is 14. The fraction of sp³-hybridized carbons (Fsp3) is 0.625. The van der Waals surface area contributed by atoms with E-state index in [0.717, 1.165) is 13.1 Å². The fourth-order valence-corrected chi connectivity index (χ4v) is 3.70. The normalized spacial score (nSPS) is 11.2. The van der Waals surface area contributed by atoms with Crippen LogP contribution < -0.4 is 4.57 Å². The number of nitrogens with zero attached hydrogens (tertiary/aromatic N) is 2. The van der Waals surface area contributed by atoms with Crippen LogP contribution in [0.3, 0.4) is 0 Å². The molecule has 0 fully saturated rings. The van der Waals surface area contributed by atoms with Gasteiger partial charge in [0.05, 0.1) is 18.7 Å². The lowest BCUT2D eigenvalue weighted by molar-refractivity contribution is -0.686. The van der Waals surface area contributed by atoms with Crippen molar-refractivity contribution >= 4 is 0 Å². The SMILES string of the molecule is CCCCCCCC[n+]1ccn(CCCCCCC)c1-c1ccccc1. The van der Waals surface area contributed by atoms with Crippen LogP contribution in [0.1, 0.15) is 84.5 Å². The van der Waals surface area contributed by atoms with Gasteiger partial charge in [0.1, 0.15) is 12.4 Å². The summed E-state index contributed by atoms with van der Waals surface area (Å²) in [5.41, 5.74) is 1.34. The predicted molar refractivity (Wildman–Crippen MR) is 112 cm³/mol. The maximum Gasteiger partial charge on any atom is 0.288 e. The highest BCUT2D eigenvalue weighted by Gasteiger charge is 2.18. The van der Waals surface area contributed by atoms with Crippen LogP contribution in [0.2, 0.25) is 0 Å². The smallest absolute Gasteiger partial charge is 0.230 e. The number of hydrogen-bond acceptors (Lipinski definition) is 0. The average molecular weight is 356 g/mol. The van der Waals surface area contributed by atoms with Gasteiger partial charge in [-0.15, -0.1) is 0 Å². The average Bonchev–Trinajstić information content (AvgIpc) is 3.08. The molecule has 0 atom stereocenters. The molecule has 0 saturated heterocycles. The van der Waals surface area contributed by atoms with Crippen molar-refractivity contribution < 1.29 is 4.57 Å². The number of imidazole rings is 1. The molecule has 2 nitrogen and oxygen atoms in total. The minimum atomic E-state index is 1.14. The Morgan fingerprint density at radius 1 is 0.731 bits per heavy atom. The minimum absolute atomic E-state index is 1.14. The lowest BCUT2D eigenvalue weighted by atomic mass is 10.1. The van der Waals surface area contributed by atoms with E-state index in [1.165, 1.54) is 82.0 Å². The van der Waals surface area contributed by atoms with Crippen LogP contribution in [0.15, 0.2) is 42.7 Å². The minimum Gasteiger partial charge on any atom is -0.230 e. The Kier molecular flexibility index (Phi) is 10.2. The Balaban J connectivity index is 1.96. The molecule has 0 aliphatic rings. The summed E-state index contributed by atoms with van der Waals surface area (Å²) < 4.78 is 4.94. The maximum absolute atomic E-state index is 2.47. The molecule has 0 saturated carbocycles. The molecule has 1 heterocycles. The second kappa shape index (κ2) is 12.7. The molecule has 2 rings (SSSR count). The van der Waals surface area contributed by atoms with Gasteiger partial charge in [0.15, 0.2) is 0 Å². The van der Waals surface area contributed by atoms with Gasteiger partial charge in [0.25, 0.3) is 5.82 Å². The Bertz CT molecular complexity index is 586. The molecule has 1 aromatic heterocycles. The molecule has 0 bridgehead atoms. The third-order valence-corrected chi connectivity index (χ3v) is 5.26. The van der Waals surface area contributed by atoms with E-state index in [2.05, 4.69) is 65.7 Å². The molecule has 144 valence electrons. The van der Waals surface area contributed by atoms with E-state index < -0.39 is 0 Å². The van der Waals surface area contributed by atoms with E-state index in [-0.39, 0.29) is 0 Å². The molecule has 0 spiro atoms. The molecular formula is C24H39N2+. The van der Waals surface area contributed by atoms with Gasteiger partial charge < -0.3 is 0 Å². The summed E-state index contributed by atoms with van der Waals surface area (Å²) in [5, 5.41) is 0. The van der Waals surface area contributed by atoms with Crippen molar-refractivity contribution in [2.45, 2.75) is 97.6 Å². The summed E-state index contributed by atoms with van der Waals surface area (Å²) in [6.45, 7) is 6.84. The molecule has 0 N–H and O–H groups in total. The zero-order chi connectivity index (χ0) is 18.5. The third kappa shape index (κ3) is 6.97. The predicted octanol–water partition coefficient (Wildman–Crippen LogP) is 6.77. The van der Waals surface area contributed by atoms with Gasteiger partial charge in [-0.2, -0.15) is 0 Å². The number of unbranched alkanes of at least 4 members (excludes halogenated alkanes) is 9. The molecular weight excluding hydrogens is 316 g/mol. The highest BCUT2D eigenvalue weighted by molar-refractivity contribution is 5.52. The van der Waals surface area contributed by atoms with Crippen LogP contribution in [0.5, 0.6) is 0 Å². The first-order valence-electron chi connectivity index (χ1n) is 11.0. The van der Waals surface area contributed by atoms with Crippen molar-refractivity contribution in [1.29, 1.82) is 0 Å². The van der Waals surface area contributed by atoms with E-state index in [1.54, 1.807) is 0 Å². The molecule has 1 aromatic carbocycles. The zero-order valence-electron chi connectivity index (χ0n) is 17.1. The van der Waals surface area contributed by atoms with Gasteiger partial charge in [-0.05, 0) is 37.8 Å². The van der Waals surface area contributed by atoms with Crippen LogP contribution in [-0.4, -0.2) is 4.57 Å². The fourth-order valence-electron chi connectivity index (χ4n) is 3.70. The van der Waals surface area contributed by atoms with Crippen molar-refractivity contribution in [2.75, 3.05) is 0 Å². The summed E-state index contributed by atoms with van der Waals surface area (Å²) in [5.74, 6) is 1.38. The zero-order valence-corrected chi connectivity index (χ0v) is 17.1. The van der Waals surface area contributed by atoms with E-state index in [9.17, 15) is 0 Å². The van der Waals surface area contributed by atoms with Crippen molar-refractivity contribution in [3.63, 3.8) is 0 Å². The Labute approximate surface area is 161 Å². The Morgan fingerprint density at radius 2 is 1.35 bits per heavy atom. The number of hydrogen-bond donors (Lipinski definition) is 0. The highest BCUT2D eigenvalue weighted by atomic mass is 15.1. The third-order valence-electron chi connectivity index (χ3n) is 5.26. The molecule has 0 aliphatic carbocycles. The van der Waals surface area contributed by atoms with Crippen LogP contribution in [0.25, 0.3) is 11.4 Å². The Morgan fingerprint density at radius 3 is 2.04 bits per heavy atom. The monoisotopic (exact) mass is 355 g/mol. The van der Waals surface area contributed by atoms with E-state index in [4.69, 9.17) is 0 Å². The van der Waals surface area contributed by atoms with E-state index in [1.807, 2.05) is 0 Å². The van der Waals surface area contributed by atoms with Gasteiger partial charge in [-0.25, -0.2) is 9.13 Å². The van der Waals surface area contributed by atoms with Crippen molar-refractivity contribution in [3.05, 3.63) is 42.7 Å². The maximum atomic E-state index is 2.47. The van der Waals surface area contributed by atoms with Crippen molar-refractivity contribution in [3.8, 4) is 11.4 Å². The Hall–Kier alpha value is -1.57. The quantitative estimate of drug-likeness (QED) is 0.261. The van der Waals surface area contributed by atoms with Gasteiger partial charge in [0.2, 0.25) is 0 Å². The molecule has 0 amide bonds. The number of aryl methyl sites for hydroxylation is 2. The second-order valence-electron chi connectivity index (χ2n) is 7.56. The van der Waals surface area contributed by atoms with E-state index >= 15 is 0 Å². The first kappa shape index (κ1) is 20.7. The highest BCUT2D eigenvalue weighted by Crippen LogP contribution is 2.17. The van der Waals surface area contributed by atoms with Crippen LogP contribution >= 0.6 is 0 Å². The number of benzene rings is 1. The standard InChI is InChI=1S/C24H39N2/c1-3-5-7-9-11-16-20-26-22-21-25(19-15-10-8-6-4-2)24(26)23-17-13-12-14-18-23/h12-14,17-18,21-22H,3-11,15-16,19-20H2,1-2H3/q+1. The summed E-state index contributed by atoms with van der Waals surface area (Å²) in [6, 6.07) is 10.9. The summed E-state index contributed by atoms with van der Waals surface area (Å²) >= 11 is 0. The van der Waals surface area contributed by atoms with Crippen molar-refractivity contribution in [1.82, 2.24) is 4.57 Å². The first-order valence-corrected chi connectivity index (χ1v) is 11.0. The second-order valence-corrected chi connectivity index (χ2v) is 7.56. The van der Waals surface area contributed by atoms with Crippen LogP contribution in [-0.2, 0) is 13.1 Å². The summed E-state index contributed by atoms with van der Waals surface area (Å²) in [4.78, 5) is 0. The topological polar surface area (TPSA) is 8.81 Å². The summed E-state index contributed by atoms with van der Waals surface area (Å²) in [7, 11) is 0. The van der Waals surface area contributed by atoms with Crippen LogP contribution in [0, 0.1) is 0 Å². The van der Waals surface area contributed by atoms with E-state index in [0.29, 0.717) is 0 Å². The number of aromatic nitrogens is 2. The first-order chi connectivity index (χ1) is 12.9. The van der Waals surface area contributed by atoms with Gasteiger partial charge in [0, 0.05) is 0 Å².